The fraction of sp³-hybridized carbons (Fsp3) is 0.938. The largest absolute Gasteiger partial charge is 0.342 e. The van der Waals surface area contributed by atoms with Gasteiger partial charge in [0, 0.05) is 19.0 Å². The lowest BCUT2D eigenvalue weighted by atomic mass is 9.87. The summed E-state index contributed by atoms with van der Waals surface area (Å²) in [6.07, 6.45) is 9.71. The lowest BCUT2D eigenvalue weighted by Gasteiger charge is -2.33. The van der Waals surface area contributed by atoms with Crippen LogP contribution in [0.25, 0.3) is 0 Å². The zero-order chi connectivity index (χ0) is 13.5. The normalized spacial score (nSPS) is 25.2. The smallest absolute Gasteiger partial charge is 0.225 e. The number of nitrogens with zero attached hydrogens (tertiary/aromatic N) is 1. The Balaban J connectivity index is 1.87. The summed E-state index contributed by atoms with van der Waals surface area (Å²) in [5.74, 6) is 1.46. The second kappa shape index (κ2) is 7.88. The fourth-order valence-electron chi connectivity index (χ4n) is 3.56. The molecule has 1 saturated heterocycles. The SMILES string of the molecule is CCCN(CC1CCCNC1)C(=O)C1CCCCC1. The van der Waals surface area contributed by atoms with Crippen LogP contribution in [0.15, 0.2) is 0 Å². The van der Waals surface area contributed by atoms with Gasteiger partial charge in [0.2, 0.25) is 5.91 Å². The molecule has 1 aliphatic carbocycles. The summed E-state index contributed by atoms with van der Waals surface area (Å²) in [6.45, 7) is 6.36. The molecular weight excluding hydrogens is 236 g/mol. The van der Waals surface area contributed by atoms with Crippen LogP contribution in [0.1, 0.15) is 58.3 Å². The van der Waals surface area contributed by atoms with E-state index in [1.54, 1.807) is 0 Å². The summed E-state index contributed by atoms with van der Waals surface area (Å²) >= 11 is 0. The van der Waals surface area contributed by atoms with Crippen molar-refractivity contribution < 1.29 is 4.79 Å². The van der Waals surface area contributed by atoms with Crippen molar-refractivity contribution in [1.29, 1.82) is 0 Å². The van der Waals surface area contributed by atoms with E-state index in [2.05, 4.69) is 17.1 Å². The molecule has 1 amide bonds. The Morgan fingerprint density at radius 1 is 1.16 bits per heavy atom. The molecule has 1 atom stereocenters. The summed E-state index contributed by atoms with van der Waals surface area (Å²) in [5.41, 5.74) is 0. The van der Waals surface area contributed by atoms with Gasteiger partial charge in [0.25, 0.3) is 0 Å². The maximum absolute atomic E-state index is 12.7. The molecule has 0 spiro atoms. The molecule has 19 heavy (non-hydrogen) atoms. The second-order valence-corrected chi connectivity index (χ2v) is 6.33. The molecule has 0 aromatic carbocycles. The number of rotatable bonds is 5. The maximum Gasteiger partial charge on any atom is 0.225 e. The van der Waals surface area contributed by atoms with E-state index in [1.807, 2.05) is 0 Å². The van der Waals surface area contributed by atoms with Gasteiger partial charge in [-0.15, -0.1) is 0 Å². The molecule has 1 unspecified atom stereocenters. The lowest BCUT2D eigenvalue weighted by molar-refractivity contribution is -0.137. The number of hydrogen-bond donors (Lipinski definition) is 1. The number of amides is 1. The minimum absolute atomic E-state index is 0.330. The fourth-order valence-corrected chi connectivity index (χ4v) is 3.56. The van der Waals surface area contributed by atoms with Crippen LogP contribution in [0.5, 0.6) is 0 Å². The van der Waals surface area contributed by atoms with E-state index >= 15 is 0 Å². The first-order valence-corrected chi connectivity index (χ1v) is 8.30. The van der Waals surface area contributed by atoms with Gasteiger partial charge in [-0.05, 0) is 51.1 Å². The van der Waals surface area contributed by atoms with Gasteiger partial charge < -0.3 is 10.2 Å². The quantitative estimate of drug-likeness (QED) is 0.830. The molecule has 0 aromatic heterocycles. The minimum Gasteiger partial charge on any atom is -0.342 e. The van der Waals surface area contributed by atoms with E-state index in [9.17, 15) is 4.79 Å². The first kappa shape index (κ1) is 14.8. The summed E-state index contributed by atoms with van der Waals surface area (Å²) in [4.78, 5) is 14.8. The number of carbonyl (C=O) groups is 1. The van der Waals surface area contributed by atoms with Gasteiger partial charge >= 0.3 is 0 Å². The standard InChI is InChI=1S/C16H30N2O/c1-2-11-18(13-14-7-6-10-17-12-14)16(19)15-8-4-3-5-9-15/h14-15,17H,2-13H2,1H3. The van der Waals surface area contributed by atoms with Crippen LogP contribution in [0.2, 0.25) is 0 Å². The highest BCUT2D eigenvalue weighted by Gasteiger charge is 2.27. The first-order valence-electron chi connectivity index (χ1n) is 8.30. The molecule has 1 saturated carbocycles. The van der Waals surface area contributed by atoms with Gasteiger partial charge in [-0.2, -0.15) is 0 Å². The van der Waals surface area contributed by atoms with E-state index in [-0.39, 0.29) is 0 Å². The molecule has 1 N–H and O–H groups in total. The third-order valence-electron chi connectivity index (χ3n) is 4.64. The van der Waals surface area contributed by atoms with Crippen LogP contribution in [0.3, 0.4) is 0 Å². The Labute approximate surface area is 118 Å². The number of nitrogens with one attached hydrogen (secondary N) is 1. The van der Waals surface area contributed by atoms with Gasteiger partial charge in [0.1, 0.15) is 0 Å². The van der Waals surface area contributed by atoms with Crippen LogP contribution in [-0.4, -0.2) is 37.0 Å². The van der Waals surface area contributed by atoms with Gasteiger partial charge in [-0.25, -0.2) is 0 Å². The monoisotopic (exact) mass is 266 g/mol. The number of piperidine rings is 1. The van der Waals surface area contributed by atoms with Crippen LogP contribution < -0.4 is 5.32 Å². The maximum atomic E-state index is 12.7. The van der Waals surface area contributed by atoms with Crippen LogP contribution in [-0.2, 0) is 4.79 Å². The minimum atomic E-state index is 0.330. The summed E-state index contributed by atoms with van der Waals surface area (Å²) < 4.78 is 0. The first-order chi connectivity index (χ1) is 9.31. The van der Waals surface area contributed by atoms with Crippen molar-refractivity contribution in [3.8, 4) is 0 Å². The van der Waals surface area contributed by atoms with Gasteiger partial charge in [-0.1, -0.05) is 26.2 Å². The Morgan fingerprint density at radius 2 is 1.95 bits per heavy atom. The molecule has 0 bridgehead atoms. The molecule has 2 rings (SSSR count). The van der Waals surface area contributed by atoms with E-state index in [1.165, 1.54) is 32.1 Å². The highest BCUT2D eigenvalue weighted by Crippen LogP contribution is 2.26. The second-order valence-electron chi connectivity index (χ2n) is 6.33. The van der Waals surface area contributed by atoms with Crippen molar-refractivity contribution in [3.05, 3.63) is 0 Å². The third kappa shape index (κ3) is 4.48. The highest BCUT2D eigenvalue weighted by molar-refractivity contribution is 5.78. The predicted molar refractivity (Wildman–Crippen MR) is 79.0 cm³/mol. The van der Waals surface area contributed by atoms with Gasteiger partial charge in [0.15, 0.2) is 0 Å². The Hall–Kier alpha value is -0.570. The zero-order valence-corrected chi connectivity index (χ0v) is 12.5. The van der Waals surface area contributed by atoms with Crippen molar-refractivity contribution in [3.63, 3.8) is 0 Å². The molecule has 110 valence electrons. The van der Waals surface area contributed by atoms with Crippen molar-refractivity contribution in [2.24, 2.45) is 11.8 Å². The number of hydrogen-bond acceptors (Lipinski definition) is 2. The predicted octanol–water partition coefficient (Wildman–Crippen LogP) is 2.80. The molecule has 3 heteroatoms. The molecular formula is C16H30N2O. The topological polar surface area (TPSA) is 32.3 Å². The van der Waals surface area contributed by atoms with E-state index < -0.39 is 0 Å². The third-order valence-corrected chi connectivity index (χ3v) is 4.64. The van der Waals surface area contributed by atoms with Crippen LogP contribution in [0.4, 0.5) is 0 Å². The summed E-state index contributed by atoms with van der Waals surface area (Å²) in [6, 6.07) is 0. The Morgan fingerprint density at radius 3 is 2.58 bits per heavy atom. The van der Waals surface area contributed by atoms with Crippen molar-refractivity contribution in [1.82, 2.24) is 10.2 Å². The van der Waals surface area contributed by atoms with E-state index in [4.69, 9.17) is 0 Å². The summed E-state index contributed by atoms with van der Waals surface area (Å²) in [7, 11) is 0. The number of carbonyl (C=O) groups excluding carboxylic acids is 1. The Kier molecular flexibility index (Phi) is 6.15. The van der Waals surface area contributed by atoms with Crippen molar-refractivity contribution >= 4 is 5.91 Å². The van der Waals surface area contributed by atoms with Crippen LogP contribution >= 0.6 is 0 Å². The van der Waals surface area contributed by atoms with Crippen molar-refractivity contribution in [2.75, 3.05) is 26.2 Å². The molecule has 0 aromatic rings. The molecule has 2 fully saturated rings. The zero-order valence-electron chi connectivity index (χ0n) is 12.5. The average Bonchev–Trinajstić information content (AvgIpc) is 2.48. The highest BCUT2D eigenvalue weighted by atomic mass is 16.2. The average molecular weight is 266 g/mol. The van der Waals surface area contributed by atoms with Gasteiger partial charge in [-0.3, -0.25) is 4.79 Å². The Bertz CT molecular complexity index is 268. The molecule has 2 aliphatic rings. The lowest BCUT2D eigenvalue weighted by Crippen LogP contribution is -2.44. The van der Waals surface area contributed by atoms with Gasteiger partial charge in [0.05, 0.1) is 0 Å². The van der Waals surface area contributed by atoms with Crippen LogP contribution in [0, 0.1) is 11.8 Å². The van der Waals surface area contributed by atoms with E-state index in [0.717, 1.165) is 45.4 Å². The summed E-state index contributed by atoms with van der Waals surface area (Å²) in [5, 5.41) is 3.46. The van der Waals surface area contributed by atoms with E-state index in [0.29, 0.717) is 17.7 Å². The van der Waals surface area contributed by atoms with Crippen molar-refractivity contribution in [2.45, 2.75) is 58.3 Å². The molecule has 1 aliphatic heterocycles. The molecule has 1 heterocycles. The molecule has 3 nitrogen and oxygen atoms in total. The molecule has 0 radical (unpaired) electrons.